The number of carbonyl (C=O) groups is 1. The first-order valence-electron chi connectivity index (χ1n) is 9.96. The van der Waals surface area contributed by atoms with Crippen molar-refractivity contribution in [1.29, 1.82) is 0 Å². The molecular formula is C23H26FN5O2. The normalized spacial score (nSPS) is 11.3. The molecule has 162 valence electrons. The molecule has 0 spiro atoms. The second kappa shape index (κ2) is 10.4. The molecule has 0 fully saturated rings. The van der Waals surface area contributed by atoms with Gasteiger partial charge in [0, 0.05) is 31.3 Å². The van der Waals surface area contributed by atoms with E-state index in [1.54, 1.807) is 32.4 Å². The highest BCUT2D eigenvalue weighted by atomic mass is 19.1. The van der Waals surface area contributed by atoms with E-state index in [1.165, 1.54) is 11.6 Å². The number of rotatable bonds is 7. The van der Waals surface area contributed by atoms with E-state index in [9.17, 15) is 9.18 Å². The first kappa shape index (κ1) is 22.0. The first-order valence-corrected chi connectivity index (χ1v) is 9.96. The Balaban J connectivity index is 1.42. The fraction of sp³-hybridized carbons (Fsp3) is 0.261. The molecule has 3 aromatic rings. The van der Waals surface area contributed by atoms with Crippen molar-refractivity contribution in [2.75, 3.05) is 20.1 Å². The molecule has 0 unspecified atom stereocenters. The Hall–Kier alpha value is -3.68. The maximum atomic E-state index is 13.6. The number of nitrogens with zero attached hydrogens (tertiary/aromatic N) is 2. The summed E-state index contributed by atoms with van der Waals surface area (Å²) in [6.07, 6.45) is 1.61. The lowest BCUT2D eigenvalue weighted by Crippen LogP contribution is -2.41. The number of aromatic nitrogens is 1. The molecule has 2 aromatic carbocycles. The lowest BCUT2D eigenvalue weighted by molar-refractivity contribution is 0.0954. The third-order valence-electron chi connectivity index (χ3n) is 4.65. The van der Waals surface area contributed by atoms with Gasteiger partial charge in [-0.05, 0) is 43.7 Å². The molecule has 1 amide bonds. The summed E-state index contributed by atoms with van der Waals surface area (Å²) in [7, 11) is 1.66. The molecule has 1 heterocycles. The van der Waals surface area contributed by atoms with Gasteiger partial charge in [-0.15, -0.1) is 0 Å². The van der Waals surface area contributed by atoms with Crippen molar-refractivity contribution in [3.8, 4) is 11.5 Å². The lowest BCUT2D eigenvalue weighted by atomic mass is 10.1. The SMILES string of the molecule is CN=C(NCCNC(=O)c1ccc(C)c(F)c1)NCc1coc(-c2ccc(C)cc2)n1. The zero-order chi connectivity index (χ0) is 22.2. The van der Waals surface area contributed by atoms with Gasteiger partial charge in [0.25, 0.3) is 5.91 Å². The zero-order valence-electron chi connectivity index (χ0n) is 17.8. The Morgan fingerprint density at radius 1 is 1.06 bits per heavy atom. The van der Waals surface area contributed by atoms with E-state index in [2.05, 4.69) is 25.9 Å². The van der Waals surface area contributed by atoms with Crippen LogP contribution in [0.1, 0.15) is 27.2 Å². The van der Waals surface area contributed by atoms with Crippen LogP contribution in [0.3, 0.4) is 0 Å². The fourth-order valence-corrected chi connectivity index (χ4v) is 2.80. The summed E-state index contributed by atoms with van der Waals surface area (Å²) in [5.74, 6) is 0.411. The minimum Gasteiger partial charge on any atom is -0.444 e. The summed E-state index contributed by atoms with van der Waals surface area (Å²) < 4.78 is 19.1. The minimum absolute atomic E-state index is 0.293. The number of hydrogen-bond acceptors (Lipinski definition) is 4. The highest BCUT2D eigenvalue weighted by Gasteiger charge is 2.09. The maximum Gasteiger partial charge on any atom is 0.251 e. The van der Waals surface area contributed by atoms with Crippen molar-refractivity contribution in [3.05, 3.63) is 76.9 Å². The summed E-state index contributed by atoms with van der Waals surface area (Å²) in [5.41, 5.74) is 3.64. The van der Waals surface area contributed by atoms with Gasteiger partial charge >= 0.3 is 0 Å². The topological polar surface area (TPSA) is 91.5 Å². The lowest BCUT2D eigenvalue weighted by Gasteiger charge is -2.11. The number of benzene rings is 2. The molecule has 3 rings (SSSR count). The zero-order valence-corrected chi connectivity index (χ0v) is 17.8. The van der Waals surface area contributed by atoms with E-state index in [4.69, 9.17) is 4.42 Å². The Morgan fingerprint density at radius 3 is 2.52 bits per heavy atom. The molecule has 0 bridgehead atoms. The Kier molecular flexibility index (Phi) is 7.37. The van der Waals surface area contributed by atoms with Crippen LogP contribution >= 0.6 is 0 Å². The maximum absolute atomic E-state index is 13.6. The number of aliphatic imine (C=N–C) groups is 1. The summed E-state index contributed by atoms with van der Waals surface area (Å²) >= 11 is 0. The second-order valence-corrected chi connectivity index (χ2v) is 7.08. The van der Waals surface area contributed by atoms with Gasteiger partial charge in [0.05, 0.1) is 12.2 Å². The molecule has 0 saturated carbocycles. The standard InChI is InChI=1S/C23H26FN5O2/c1-15-4-7-17(8-5-15)22-29-19(14-31-22)13-28-23(25-3)27-11-10-26-21(30)18-9-6-16(2)20(24)12-18/h4-9,12,14H,10-11,13H2,1-3H3,(H,26,30)(H2,25,27,28). The van der Waals surface area contributed by atoms with Crippen LogP contribution in [0.5, 0.6) is 0 Å². The van der Waals surface area contributed by atoms with E-state index in [0.717, 1.165) is 11.3 Å². The van der Waals surface area contributed by atoms with Gasteiger partial charge in [0.1, 0.15) is 12.1 Å². The smallest absolute Gasteiger partial charge is 0.251 e. The van der Waals surface area contributed by atoms with Crippen molar-refractivity contribution in [3.63, 3.8) is 0 Å². The van der Waals surface area contributed by atoms with Crippen LogP contribution in [-0.4, -0.2) is 37.0 Å². The third kappa shape index (κ3) is 6.15. The Labute approximate surface area is 180 Å². The molecule has 31 heavy (non-hydrogen) atoms. The van der Waals surface area contributed by atoms with Gasteiger partial charge in [0.2, 0.25) is 5.89 Å². The summed E-state index contributed by atoms with van der Waals surface area (Å²) in [4.78, 5) is 20.7. The van der Waals surface area contributed by atoms with E-state index in [-0.39, 0.29) is 5.91 Å². The Morgan fingerprint density at radius 2 is 1.81 bits per heavy atom. The van der Waals surface area contributed by atoms with Crippen LogP contribution < -0.4 is 16.0 Å². The van der Waals surface area contributed by atoms with Crippen molar-refractivity contribution in [2.45, 2.75) is 20.4 Å². The summed E-state index contributed by atoms with van der Waals surface area (Å²) in [6.45, 7) is 4.93. The average molecular weight is 423 g/mol. The summed E-state index contributed by atoms with van der Waals surface area (Å²) in [6, 6.07) is 12.4. The average Bonchev–Trinajstić information content (AvgIpc) is 3.24. The molecular weight excluding hydrogens is 397 g/mol. The van der Waals surface area contributed by atoms with E-state index < -0.39 is 5.82 Å². The van der Waals surface area contributed by atoms with Gasteiger partial charge in [-0.3, -0.25) is 9.79 Å². The molecule has 0 atom stereocenters. The molecule has 0 saturated heterocycles. The monoisotopic (exact) mass is 423 g/mol. The Bertz CT molecular complexity index is 1060. The highest BCUT2D eigenvalue weighted by Crippen LogP contribution is 2.19. The van der Waals surface area contributed by atoms with E-state index in [0.29, 0.717) is 42.6 Å². The molecule has 7 nitrogen and oxygen atoms in total. The molecule has 0 radical (unpaired) electrons. The van der Waals surface area contributed by atoms with Crippen LogP contribution in [-0.2, 0) is 6.54 Å². The first-order chi connectivity index (χ1) is 15.0. The molecule has 0 aliphatic carbocycles. The number of halogens is 1. The van der Waals surface area contributed by atoms with Crippen molar-refractivity contribution >= 4 is 11.9 Å². The van der Waals surface area contributed by atoms with Crippen molar-refractivity contribution in [1.82, 2.24) is 20.9 Å². The number of amides is 1. The number of aryl methyl sites for hydroxylation is 2. The molecule has 0 aliphatic heterocycles. The second-order valence-electron chi connectivity index (χ2n) is 7.08. The van der Waals surface area contributed by atoms with Gasteiger partial charge in [-0.1, -0.05) is 23.8 Å². The number of nitrogens with one attached hydrogen (secondary N) is 3. The number of carbonyl (C=O) groups excluding carboxylic acids is 1. The third-order valence-corrected chi connectivity index (χ3v) is 4.65. The minimum atomic E-state index is -0.395. The molecule has 0 aliphatic rings. The quantitative estimate of drug-likeness (QED) is 0.308. The molecule has 8 heteroatoms. The van der Waals surface area contributed by atoms with Gasteiger partial charge < -0.3 is 20.4 Å². The van der Waals surface area contributed by atoms with Crippen LogP contribution in [0.25, 0.3) is 11.5 Å². The predicted octanol–water partition coefficient (Wildman–Crippen LogP) is 3.19. The van der Waals surface area contributed by atoms with Crippen molar-refractivity contribution in [2.24, 2.45) is 4.99 Å². The number of hydrogen-bond donors (Lipinski definition) is 3. The van der Waals surface area contributed by atoms with E-state index >= 15 is 0 Å². The van der Waals surface area contributed by atoms with E-state index in [1.807, 2.05) is 31.2 Å². The highest BCUT2D eigenvalue weighted by molar-refractivity contribution is 5.94. The van der Waals surface area contributed by atoms with Crippen LogP contribution in [0.4, 0.5) is 4.39 Å². The molecule has 1 aromatic heterocycles. The largest absolute Gasteiger partial charge is 0.444 e. The van der Waals surface area contributed by atoms with Crippen molar-refractivity contribution < 1.29 is 13.6 Å². The van der Waals surface area contributed by atoms with Gasteiger partial charge in [-0.25, -0.2) is 9.37 Å². The van der Waals surface area contributed by atoms with Crippen LogP contribution in [0, 0.1) is 19.7 Å². The van der Waals surface area contributed by atoms with Crippen LogP contribution in [0.15, 0.2) is 58.1 Å². The van der Waals surface area contributed by atoms with Gasteiger partial charge in [0.15, 0.2) is 5.96 Å². The molecule has 3 N–H and O–H groups in total. The predicted molar refractivity (Wildman–Crippen MR) is 118 cm³/mol. The van der Waals surface area contributed by atoms with Gasteiger partial charge in [-0.2, -0.15) is 0 Å². The number of oxazole rings is 1. The van der Waals surface area contributed by atoms with Crippen LogP contribution in [0.2, 0.25) is 0 Å². The fourth-order valence-electron chi connectivity index (χ4n) is 2.80. The number of guanidine groups is 1. The summed E-state index contributed by atoms with van der Waals surface area (Å²) in [5, 5.41) is 9.00.